The normalized spacial score (nSPS) is 10.7. The zero-order valence-electron chi connectivity index (χ0n) is 18.5. The summed E-state index contributed by atoms with van der Waals surface area (Å²) >= 11 is 0. The molecule has 0 atom stereocenters. The van der Waals surface area contributed by atoms with Gasteiger partial charge in [-0.1, -0.05) is 36.4 Å². The van der Waals surface area contributed by atoms with Gasteiger partial charge in [0, 0.05) is 18.5 Å². The van der Waals surface area contributed by atoms with E-state index in [0.717, 1.165) is 54.2 Å². The number of anilines is 2. The van der Waals surface area contributed by atoms with E-state index < -0.39 is 0 Å². The van der Waals surface area contributed by atoms with Crippen LogP contribution in [0.1, 0.15) is 11.1 Å². The lowest BCUT2D eigenvalue weighted by atomic mass is 10.1. The lowest BCUT2D eigenvalue weighted by molar-refractivity contribution is 0.414. The van der Waals surface area contributed by atoms with Gasteiger partial charge in [-0.05, 0) is 60.4 Å². The van der Waals surface area contributed by atoms with E-state index in [1.165, 1.54) is 11.1 Å². The van der Waals surface area contributed by atoms with E-state index in [1.807, 2.05) is 48.5 Å². The fourth-order valence-electron chi connectivity index (χ4n) is 3.52. The second-order valence-corrected chi connectivity index (χ2v) is 7.46. The van der Waals surface area contributed by atoms with Gasteiger partial charge in [0.2, 0.25) is 5.95 Å². The van der Waals surface area contributed by atoms with Gasteiger partial charge in [-0.3, -0.25) is 0 Å². The molecule has 4 aromatic rings. The minimum atomic E-state index is 0.629. The fourth-order valence-corrected chi connectivity index (χ4v) is 3.52. The third kappa shape index (κ3) is 5.46. The van der Waals surface area contributed by atoms with Crippen molar-refractivity contribution in [1.29, 1.82) is 0 Å². The molecule has 0 aliphatic rings. The lowest BCUT2D eigenvalue weighted by Gasteiger charge is -2.12. The molecule has 0 saturated carbocycles. The molecule has 0 bridgehead atoms. The van der Waals surface area contributed by atoms with E-state index in [1.54, 1.807) is 14.2 Å². The van der Waals surface area contributed by atoms with Crippen molar-refractivity contribution >= 4 is 22.7 Å². The Morgan fingerprint density at radius 2 is 1.22 bits per heavy atom. The standard InChI is InChI=1S/C26H28N4O2/c1-31-21-11-7-19(8-12-21)15-17-27-25-23-5-3-4-6-24(23)29-26(30-25)28-18-16-20-9-13-22(32-2)14-10-20/h3-14H,15-18H2,1-2H3,(H2,27,28,29,30). The van der Waals surface area contributed by atoms with Crippen LogP contribution in [0, 0.1) is 0 Å². The van der Waals surface area contributed by atoms with E-state index >= 15 is 0 Å². The molecule has 0 fully saturated rings. The van der Waals surface area contributed by atoms with Gasteiger partial charge in [0.15, 0.2) is 0 Å². The Morgan fingerprint density at radius 1 is 0.656 bits per heavy atom. The molecule has 0 aliphatic carbocycles. The number of ether oxygens (including phenoxy) is 2. The fraction of sp³-hybridized carbons (Fsp3) is 0.231. The number of para-hydroxylation sites is 1. The molecule has 1 heterocycles. The average Bonchev–Trinajstić information content (AvgIpc) is 2.85. The predicted molar refractivity (Wildman–Crippen MR) is 130 cm³/mol. The Bertz CT molecular complexity index is 1140. The number of benzene rings is 3. The van der Waals surface area contributed by atoms with Crippen molar-refractivity contribution in [3.63, 3.8) is 0 Å². The molecule has 164 valence electrons. The van der Waals surface area contributed by atoms with Crippen LogP contribution in [0.3, 0.4) is 0 Å². The first-order valence-corrected chi connectivity index (χ1v) is 10.8. The minimum Gasteiger partial charge on any atom is -0.497 e. The summed E-state index contributed by atoms with van der Waals surface area (Å²) in [6, 6.07) is 24.3. The molecule has 6 nitrogen and oxygen atoms in total. The second kappa shape index (κ2) is 10.5. The molecule has 0 radical (unpaired) electrons. The first kappa shape index (κ1) is 21.4. The molecule has 2 N–H and O–H groups in total. The van der Waals surface area contributed by atoms with Crippen LogP contribution in [0.25, 0.3) is 10.9 Å². The average molecular weight is 429 g/mol. The Balaban J connectivity index is 1.40. The van der Waals surface area contributed by atoms with Crippen LogP contribution in [0.4, 0.5) is 11.8 Å². The summed E-state index contributed by atoms with van der Waals surface area (Å²) in [6.45, 7) is 1.52. The number of methoxy groups -OCH3 is 2. The van der Waals surface area contributed by atoms with Crippen molar-refractivity contribution in [2.75, 3.05) is 37.9 Å². The summed E-state index contributed by atoms with van der Waals surface area (Å²) < 4.78 is 10.4. The number of aromatic nitrogens is 2. The molecule has 0 unspecified atom stereocenters. The van der Waals surface area contributed by atoms with Gasteiger partial charge in [0.25, 0.3) is 0 Å². The van der Waals surface area contributed by atoms with Crippen LogP contribution >= 0.6 is 0 Å². The van der Waals surface area contributed by atoms with Crippen molar-refractivity contribution < 1.29 is 9.47 Å². The maximum atomic E-state index is 5.23. The Labute approximate surface area is 188 Å². The maximum Gasteiger partial charge on any atom is 0.225 e. The number of hydrogen-bond acceptors (Lipinski definition) is 6. The van der Waals surface area contributed by atoms with Gasteiger partial charge in [-0.2, -0.15) is 4.98 Å². The quantitative estimate of drug-likeness (QED) is 0.372. The van der Waals surface area contributed by atoms with Crippen LogP contribution in [0.2, 0.25) is 0 Å². The molecule has 0 saturated heterocycles. The number of rotatable bonds is 10. The van der Waals surface area contributed by atoms with Crippen LogP contribution in [0.5, 0.6) is 11.5 Å². The zero-order chi connectivity index (χ0) is 22.2. The van der Waals surface area contributed by atoms with Crippen molar-refractivity contribution in [2.45, 2.75) is 12.8 Å². The highest BCUT2D eigenvalue weighted by molar-refractivity contribution is 5.90. The summed E-state index contributed by atoms with van der Waals surface area (Å²) in [5, 5.41) is 7.87. The second-order valence-electron chi connectivity index (χ2n) is 7.46. The molecule has 0 aliphatic heterocycles. The summed E-state index contributed by atoms with van der Waals surface area (Å²) in [6.07, 6.45) is 1.77. The predicted octanol–water partition coefficient (Wildman–Crippen LogP) is 4.96. The van der Waals surface area contributed by atoms with Crippen LogP contribution in [-0.2, 0) is 12.8 Å². The Hall–Kier alpha value is -3.80. The van der Waals surface area contributed by atoms with Crippen LogP contribution in [0.15, 0.2) is 72.8 Å². The van der Waals surface area contributed by atoms with Crippen molar-refractivity contribution in [3.8, 4) is 11.5 Å². The van der Waals surface area contributed by atoms with Crippen molar-refractivity contribution in [2.24, 2.45) is 0 Å². The monoisotopic (exact) mass is 428 g/mol. The highest BCUT2D eigenvalue weighted by Crippen LogP contribution is 2.22. The van der Waals surface area contributed by atoms with E-state index in [-0.39, 0.29) is 0 Å². The van der Waals surface area contributed by atoms with Crippen LogP contribution < -0.4 is 20.1 Å². The van der Waals surface area contributed by atoms with Crippen LogP contribution in [-0.4, -0.2) is 37.3 Å². The van der Waals surface area contributed by atoms with E-state index in [0.29, 0.717) is 5.95 Å². The van der Waals surface area contributed by atoms with E-state index in [9.17, 15) is 0 Å². The first-order chi connectivity index (χ1) is 15.7. The van der Waals surface area contributed by atoms with Gasteiger partial charge in [0.05, 0.1) is 19.7 Å². The zero-order valence-corrected chi connectivity index (χ0v) is 18.5. The van der Waals surface area contributed by atoms with Gasteiger partial charge in [0.1, 0.15) is 17.3 Å². The topological polar surface area (TPSA) is 68.3 Å². The molecule has 3 aromatic carbocycles. The third-order valence-corrected chi connectivity index (χ3v) is 5.32. The molecule has 32 heavy (non-hydrogen) atoms. The summed E-state index contributed by atoms with van der Waals surface area (Å²) in [7, 11) is 3.36. The van der Waals surface area contributed by atoms with Crippen molar-refractivity contribution in [3.05, 3.63) is 83.9 Å². The smallest absolute Gasteiger partial charge is 0.225 e. The van der Waals surface area contributed by atoms with E-state index in [2.05, 4.69) is 39.9 Å². The SMILES string of the molecule is COc1ccc(CCNc2nc(NCCc3ccc(OC)cc3)c3ccccc3n2)cc1. The van der Waals surface area contributed by atoms with Gasteiger partial charge >= 0.3 is 0 Å². The van der Waals surface area contributed by atoms with Gasteiger partial charge in [-0.25, -0.2) is 4.98 Å². The summed E-state index contributed by atoms with van der Waals surface area (Å²) in [4.78, 5) is 9.43. The number of fused-ring (bicyclic) bond motifs is 1. The molecule has 6 heteroatoms. The summed E-state index contributed by atoms with van der Waals surface area (Å²) in [5.74, 6) is 3.21. The molecule has 0 amide bonds. The highest BCUT2D eigenvalue weighted by Gasteiger charge is 2.07. The Kier molecular flexibility index (Phi) is 7.02. The van der Waals surface area contributed by atoms with Gasteiger partial charge in [-0.15, -0.1) is 0 Å². The van der Waals surface area contributed by atoms with E-state index in [4.69, 9.17) is 14.5 Å². The van der Waals surface area contributed by atoms with Crippen molar-refractivity contribution in [1.82, 2.24) is 9.97 Å². The molecule has 0 spiro atoms. The molecule has 1 aromatic heterocycles. The third-order valence-electron chi connectivity index (χ3n) is 5.32. The number of hydrogen-bond donors (Lipinski definition) is 2. The number of nitrogens with one attached hydrogen (secondary N) is 2. The lowest BCUT2D eigenvalue weighted by Crippen LogP contribution is -2.12. The maximum absolute atomic E-state index is 5.23. The van der Waals surface area contributed by atoms with Gasteiger partial charge < -0.3 is 20.1 Å². The Morgan fingerprint density at radius 3 is 1.81 bits per heavy atom. The minimum absolute atomic E-state index is 0.629. The molecular weight excluding hydrogens is 400 g/mol. The number of nitrogens with zero attached hydrogens (tertiary/aromatic N) is 2. The molecular formula is C26H28N4O2. The highest BCUT2D eigenvalue weighted by atomic mass is 16.5. The first-order valence-electron chi connectivity index (χ1n) is 10.8. The summed E-state index contributed by atoms with van der Waals surface area (Å²) in [5.41, 5.74) is 3.40. The molecule has 4 rings (SSSR count). The largest absolute Gasteiger partial charge is 0.497 e.